The maximum atomic E-state index is 5.14. The van der Waals surface area contributed by atoms with Gasteiger partial charge in [-0.15, -0.1) is 11.3 Å². The van der Waals surface area contributed by atoms with Crippen LogP contribution in [0.25, 0.3) is 98.4 Å². The highest BCUT2D eigenvalue weighted by atomic mass is 32.1. The van der Waals surface area contributed by atoms with Crippen LogP contribution in [0.5, 0.6) is 0 Å². The van der Waals surface area contributed by atoms with Crippen molar-refractivity contribution in [3.8, 4) is 56.4 Å². The molecule has 0 bridgehead atoms. The van der Waals surface area contributed by atoms with E-state index in [1.165, 1.54) is 15.5 Å². The Bertz CT molecular complexity index is 2840. The van der Waals surface area contributed by atoms with Crippen LogP contribution >= 0.6 is 11.3 Å². The highest BCUT2D eigenvalue weighted by Crippen LogP contribution is 2.43. The molecule has 10 rings (SSSR count). The van der Waals surface area contributed by atoms with E-state index in [0.29, 0.717) is 17.5 Å². The average Bonchev–Trinajstić information content (AvgIpc) is 3.59. The second-order valence-corrected chi connectivity index (χ2v) is 13.6. The Balaban J connectivity index is 1.17. The van der Waals surface area contributed by atoms with E-state index in [-0.39, 0.29) is 0 Å². The topological polar surface area (TPSA) is 64.5 Å². The molecule has 0 saturated carbocycles. The summed E-state index contributed by atoms with van der Waals surface area (Å²) in [5.74, 6) is 1.95. The van der Waals surface area contributed by atoms with E-state index in [2.05, 4.69) is 83.8 Å². The molecule has 4 heterocycles. The summed E-state index contributed by atoms with van der Waals surface area (Å²) in [6, 6.07) is 52.7. The predicted molar refractivity (Wildman–Crippen MR) is 210 cm³/mol. The summed E-state index contributed by atoms with van der Waals surface area (Å²) in [7, 11) is 0. The van der Waals surface area contributed by atoms with Gasteiger partial charge >= 0.3 is 0 Å². The lowest BCUT2D eigenvalue weighted by atomic mass is 9.94. The number of benzene rings is 6. The number of thiophene rings is 1. The van der Waals surface area contributed by atoms with Crippen molar-refractivity contribution in [2.45, 2.75) is 0 Å². The van der Waals surface area contributed by atoms with Crippen LogP contribution in [0, 0.1) is 0 Å². The zero-order valence-corrected chi connectivity index (χ0v) is 28.0. The molecule has 0 unspecified atom stereocenters. The molecule has 4 aromatic heterocycles. The number of aromatic nitrogens is 5. The molecule has 10 aromatic rings. The minimum atomic E-state index is 0.649. The van der Waals surface area contributed by atoms with E-state index in [1.54, 1.807) is 11.3 Å². The summed E-state index contributed by atoms with van der Waals surface area (Å²) in [5.41, 5.74) is 9.20. The third-order valence-corrected chi connectivity index (χ3v) is 10.6. The lowest BCUT2D eigenvalue weighted by Gasteiger charge is -2.12. The minimum absolute atomic E-state index is 0.649. The first-order valence-corrected chi connectivity index (χ1v) is 17.6. The lowest BCUT2D eigenvalue weighted by molar-refractivity contribution is 1.08. The Kier molecular flexibility index (Phi) is 6.93. The summed E-state index contributed by atoms with van der Waals surface area (Å²) in [5, 5.41) is 4.57. The molecule has 0 aliphatic carbocycles. The maximum Gasteiger partial charge on any atom is 0.165 e. The van der Waals surface area contributed by atoms with Crippen LogP contribution in [0.3, 0.4) is 0 Å². The Labute approximate surface area is 297 Å². The lowest BCUT2D eigenvalue weighted by Crippen LogP contribution is -2.00. The van der Waals surface area contributed by atoms with Gasteiger partial charge in [-0.25, -0.2) is 15.0 Å². The van der Waals surface area contributed by atoms with Gasteiger partial charge in [-0.05, 0) is 58.7 Å². The highest BCUT2D eigenvalue weighted by Gasteiger charge is 2.19. The molecule has 0 spiro atoms. The largest absolute Gasteiger partial charge is 0.254 e. The summed E-state index contributed by atoms with van der Waals surface area (Å²) >= 11 is 1.78. The predicted octanol–water partition coefficient (Wildman–Crippen LogP) is 11.7. The van der Waals surface area contributed by atoms with Gasteiger partial charge in [0.25, 0.3) is 0 Å². The fourth-order valence-electron chi connectivity index (χ4n) is 6.95. The van der Waals surface area contributed by atoms with Gasteiger partial charge < -0.3 is 0 Å². The summed E-state index contributed by atoms with van der Waals surface area (Å²) in [6.07, 6.45) is 3.66. The highest BCUT2D eigenvalue weighted by molar-refractivity contribution is 7.26. The molecule has 0 aliphatic rings. The SMILES string of the molecule is c1ccc(-c2nc(-c3ccccc3)nc(-c3cc(-c4ccc(-c5cc6cccnc6c6ncccc56)cc4)cc4c3sc3ccccc34)n2)cc1. The van der Waals surface area contributed by atoms with Gasteiger partial charge in [-0.3, -0.25) is 9.97 Å². The number of fused-ring (bicyclic) bond motifs is 6. The van der Waals surface area contributed by atoms with E-state index in [9.17, 15) is 0 Å². The van der Waals surface area contributed by atoms with Crippen molar-refractivity contribution >= 4 is 53.3 Å². The molecule has 0 radical (unpaired) electrons. The van der Waals surface area contributed by atoms with Crippen LogP contribution in [0.2, 0.25) is 0 Å². The van der Waals surface area contributed by atoms with Crippen LogP contribution in [0.1, 0.15) is 0 Å². The first kappa shape index (κ1) is 29.3. The van der Waals surface area contributed by atoms with Crippen LogP contribution in [0.15, 0.2) is 164 Å². The molecule has 0 fully saturated rings. The van der Waals surface area contributed by atoms with Crippen LogP contribution in [0.4, 0.5) is 0 Å². The molecule has 6 aromatic carbocycles. The summed E-state index contributed by atoms with van der Waals surface area (Å²) in [6.45, 7) is 0. The average molecular weight is 670 g/mol. The van der Waals surface area contributed by atoms with E-state index >= 15 is 0 Å². The number of nitrogens with zero attached hydrogens (tertiary/aromatic N) is 5. The summed E-state index contributed by atoms with van der Waals surface area (Å²) < 4.78 is 2.39. The smallest absolute Gasteiger partial charge is 0.165 e. The molecular formula is C45H27N5S. The second-order valence-electron chi connectivity index (χ2n) is 12.5. The molecule has 51 heavy (non-hydrogen) atoms. The molecule has 0 aliphatic heterocycles. The standard InChI is InChI=1S/C45H27N5S/c1-3-11-30(12-4-1)43-48-44(31-13-5-2-6-14-31)50-45(49-43)38-27-33(26-37-34-16-7-8-18-39(34)51-42(37)38)28-19-21-29(22-20-28)36-25-32-15-9-23-46-40(32)41-35(36)17-10-24-47-41/h1-27H. The molecule has 0 N–H and O–H groups in total. The van der Waals surface area contributed by atoms with E-state index < -0.39 is 0 Å². The number of rotatable bonds is 5. The van der Waals surface area contributed by atoms with Crippen molar-refractivity contribution in [2.24, 2.45) is 0 Å². The minimum Gasteiger partial charge on any atom is -0.254 e. The van der Waals surface area contributed by atoms with E-state index in [4.69, 9.17) is 19.9 Å². The normalized spacial score (nSPS) is 11.5. The van der Waals surface area contributed by atoms with Gasteiger partial charge in [0.2, 0.25) is 0 Å². The van der Waals surface area contributed by atoms with Crippen molar-refractivity contribution in [3.63, 3.8) is 0 Å². The Morgan fingerprint density at radius 1 is 0.373 bits per heavy atom. The van der Waals surface area contributed by atoms with Gasteiger partial charge in [0.15, 0.2) is 17.5 Å². The molecular weight excluding hydrogens is 643 g/mol. The molecule has 238 valence electrons. The summed E-state index contributed by atoms with van der Waals surface area (Å²) in [4.78, 5) is 24.6. The molecule has 5 nitrogen and oxygen atoms in total. The van der Waals surface area contributed by atoms with Crippen LogP contribution in [-0.2, 0) is 0 Å². The fraction of sp³-hybridized carbons (Fsp3) is 0. The van der Waals surface area contributed by atoms with Crippen molar-refractivity contribution in [3.05, 3.63) is 164 Å². The van der Waals surface area contributed by atoms with Gasteiger partial charge in [0.1, 0.15) is 0 Å². The second kappa shape index (κ2) is 12.1. The van der Waals surface area contributed by atoms with Gasteiger partial charge in [0.05, 0.1) is 11.0 Å². The van der Waals surface area contributed by atoms with E-state index in [1.807, 2.05) is 85.2 Å². The third kappa shape index (κ3) is 5.12. The number of hydrogen-bond donors (Lipinski definition) is 0. The van der Waals surface area contributed by atoms with Crippen molar-refractivity contribution in [1.82, 2.24) is 24.9 Å². The molecule has 0 saturated heterocycles. The third-order valence-electron chi connectivity index (χ3n) is 9.41. The van der Waals surface area contributed by atoms with E-state index in [0.717, 1.165) is 65.4 Å². The zero-order chi connectivity index (χ0) is 33.7. The Morgan fingerprint density at radius 3 is 1.73 bits per heavy atom. The Hall–Kier alpha value is -6.63. The van der Waals surface area contributed by atoms with Crippen molar-refractivity contribution < 1.29 is 0 Å². The van der Waals surface area contributed by atoms with Crippen molar-refractivity contribution in [1.29, 1.82) is 0 Å². The maximum absolute atomic E-state index is 5.14. The molecule has 0 amide bonds. The number of hydrogen-bond acceptors (Lipinski definition) is 6. The number of pyridine rings is 2. The van der Waals surface area contributed by atoms with Crippen LogP contribution < -0.4 is 0 Å². The Morgan fingerprint density at radius 2 is 0.980 bits per heavy atom. The van der Waals surface area contributed by atoms with Gasteiger partial charge in [-0.2, -0.15) is 0 Å². The first-order valence-electron chi connectivity index (χ1n) is 16.8. The quantitative estimate of drug-likeness (QED) is 0.171. The zero-order valence-electron chi connectivity index (χ0n) is 27.2. The van der Waals surface area contributed by atoms with Gasteiger partial charge in [0, 0.05) is 60.0 Å². The van der Waals surface area contributed by atoms with Crippen molar-refractivity contribution in [2.75, 3.05) is 0 Å². The molecule has 0 atom stereocenters. The van der Waals surface area contributed by atoms with Crippen LogP contribution in [-0.4, -0.2) is 24.9 Å². The fourth-order valence-corrected chi connectivity index (χ4v) is 8.14. The van der Waals surface area contributed by atoms with Gasteiger partial charge in [-0.1, -0.05) is 115 Å². The first-order chi connectivity index (χ1) is 25.3. The molecule has 6 heteroatoms. The monoisotopic (exact) mass is 669 g/mol.